The van der Waals surface area contributed by atoms with Gasteiger partial charge < -0.3 is 4.74 Å². The second-order valence-electron chi connectivity index (χ2n) is 4.53. The lowest BCUT2D eigenvalue weighted by molar-refractivity contribution is -0.384. The molecule has 1 heterocycles. The minimum atomic E-state index is -0.466. The van der Waals surface area contributed by atoms with Crippen LogP contribution in [0, 0.1) is 16.0 Å². The van der Waals surface area contributed by atoms with Crippen LogP contribution in [0.5, 0.6) is 0 Å². The number of carbonyl (C=O) groups is 1. The SMILES string of the molecule is CC(C)C1COC(=O)N1c1ccc([N+](=O)[O-])cc1. The summed E-state index contributed by atoms with van der Waals surface area (Å²) in [5, 5.41) is 10.6. The van der Waals surface area contributed by atoms with Crippen molar-refractivity contribution < 1.29 is 14.5 Å². The lowest BCUT2D eigenvalue weighted by atomic mass is 10.0. The van der Waals surface area contributed by atoms with Gasteiger partial charge >= 0.3 is 6.09 Å². The van der Waals surface area contributed by atoms with Crippen LogP contribution in [-0.4, -0.2) is 23.7 Å². The fraction of sp³-hybridized carbons (Fsp3) is 0.417. The van der Waals surface area contributed by atoms with Crippen LogP contribution >= 0.6 is 0 Å². The topological polar surface area (TPSA) is 72.7 Å². The van der Waals surface area contributed by atoms with Gasteiger partial charge in [0.1, 0.15) is 6.61 Å². The van der Waals surface area contributed by atoms with Gasteiger partial charge in [0.2, 0.25) is 0 Å². The fourth-order valence-electron chi connectivity index (χ4n) is 1.96. The first-order chi connectivity index (χ1) is 8.50. The van der Waals surface area contributed by atoms with Crippen molar-refractivity contribution in [1.29, 1.82) is 0 Å². The lowest BCUT2D eigenvalue weighted by Gasteiger charge is -2.24. The summed E-state index contributed by atoms with van der Waals surface area (Å²) in [6, 6.07) is 5.88. The van der Waals surface area contributed by atoms with Crippen molar-refractivity contribution in [1.82, 2.24) is 0 Å². The maximum atomic E-state index is 11.7. The molecule has 6 heteroatoms. The highest BCUT2D eigenvalue weighted by Gasteiger charge is 2.36. The highest BCUT2D eigenvalue weighted by Crippen LogP contribution is 2.28. The zero-order chi connectivity index (χ0) is 13.3. The van der Waals surface area contributed by atoms with E-state index in [-0.39, 0.29) is 17.6 Å². The van der Waals surface area contributed by atoms with E-state index in [4.69, 9.17) is 4.74 Å². The van der Waals surface area contributed by atoms with Gasteiger partial charge in [-0.15, -0.1) is 0 Å². The van der Waals surface area contributed by atoms with Crippen molar-refractivity contribution in [2.24, 2.45) is 5.92 Å². The van der Waals surface area contributed by atoms with Crippen LogP contribution in [0.1, 0.15) is 13.8 Å². The van der Waals surface area contributed by atoms with Crippen LogP contribution in [0.15, 0.2) is 24.3 Å². The molecule has 0 bridgehead atoms. The van der Waals surface area contributed by atoms with Crippen LogP contribution in [0.2, 0.25) is 0 Å². The number of hydrogen-bond donors (Lipinski definition) is 0. The molecule has 2 rings (SSSR count). The number of carbonyl (C=O) groups excluding carboxylic acids is 1. The van der Waals surface area contributed by atoms with Crippen molar-refractivity contribution in [3.05, 3.63) is 34.4 Å². The Morgan fingerprint density at radius 1 is 1.39 bits per heavy atom. The number of nitro groups is 1. The van der Waals surface area contributed by atoms with Crippen LogP contribution in [0.25, 0.3) is 0 Å². The first-order valence-electron chi connectivity index (χ1n) is 5.71. The molecule has 1 amide bonds. The summed E-state index contributed by atoms with van der Waals surface area (Å²) in [7, 11) is 0. The highest BCUT2D eigenvalue weighted by molar-refractivity contribution is 5.90. The molecule has 1 saturated heterocycles. The first kappa shape index (κ1) is 12.3. The summed E-state index contributed by atoms with van der Waals surface area (Å²) in [5.41, 5.74) is 0.634. The molecule has 96 valence electrons. The number of cyclic esters (lactones) is 1. The quantitative estimate of drug-likeness (QED) is 0.610. The average Bonchev–Trinajstić information content (AvgIpc) is 2.71. The number of hydrogen-bond acceptors (Lipinski definition) is 4. The average molecular weight is 250 g/mol. The molecule has 0 saturated carbocycles. The minimum Gasteiger partial charge on any atom is -0.447 e. The van der Waals surface area contributed by atoms with Gasteiger partial charge in [0.05, 0.1) is 11.0 Å². The number of amides is 1. The molecule has 1 unspecified atom stereocenters. The molecule has 6 nitrogen and oxygen atoms in total. The van der Waals surface area contributed by atoms with Crippen LogP contribution in [0.3, 0.4) is 0 Å². The predicted octanol–water partition coefficient (Wildman–Crippen LogP) is 2.58. The van der Waals surface area contributed by atoms with Gasteiger partial charge in [-0.2, -0.15) is 0 Å². The van der Waals surface area contributed by atoms with Gasteiger partial charge in [-0.3, -0.25) is 15.0 Å². The van der Waals surface area contributed by atoms with Gasteiger partial charge in [-0.25, -0.2) is 4.79 Å². The molecule has 0 aromatic heterocycles. The molecular formula is C12H14N2O4. The zero-order valence-electron chi connectivity index (χ0n) is 10.2. The molecule has 18 heavy (non-hydrogen) atoms. The summed E-state index contributed by atoms with van der Waals surface area (Å²) in [4.78, 5) is 23.3. The van der Waals surface area contributed by atoms with Gasteiger partial charge in [0.25, 0.3) is 5.69 Å². The third-order valence-electron chi connectivity index (χ3n) is 3.01. The normalized spacial score (nSPS) is 19.2. The number of anilines is 1. The molecule has 1 atom stereocenters. The number of non-ortho nitro benzene ring substituents is 1. The molecule has 1 aromatic rings. The van der Waals surface area contributed by atoms with Crippen molar-refractivity contribution in [3.8, 4) is 0 Å². The van der Waals surface area contributed by atoms with E-state index in [1.807, 2.05) is 13.8 Å². The molecule has 0 spiro atoms. The van der Waals surface area contributed by atoms with E-state index in [1.165, 1.54) is 12.1 Å². The standard InChI is InChI=1S/C12H14N2O4/c1-8(2)11-7-18-12(15)13(11)9-3-5-10(6-4-9)14(16)17/h3-6,8,11H,7H2,1-2H3. The van der Waals surface area contributed by atoms with E-state index in [0.29, 0.717) is 12.3 Å². The van der Waals surface area contributed by atoms with E-state index < -0.39 is 11.0 Å². The summed E-state index contributed by atoms with van der Waals surface area (Å²) < 4.78 is 5.02. The molecular weight excluding hydrogens is 236 g/mol. The number of rotatable bonds is 3. The number of ether oxygens (including phenoxy) is 1. The van der Waals surface area contributed by atoms with Gasteiger partial charge in [-0.1, -0.05) is 13.8 Å². The van der Waals surface area contributed by atoms with E-state index in [2.05, 4.69) is 0 Å². The summed E-state index contributed by atoms with van der Waals surface area (Å²) in [5.74, 6) is 0.256. The molecule has 0 aliphatic carbocycles. The Bertz CT molecular complexity index is 469. The van der Waals surface area contributed by atoms with Crippen molar-refractivity contribution in [2.75, 3.05) is 11.5 Å². The third-order valence-corrected chi connectivity index (χ3v) is 3.01. The molecule has 1 aliphatic rings. The number of benzene rings is 1. The van der Waals surface area contributed by atoms with E-state index in [0.717, 1.165) is 0 Å². The number of nitrogens with zero attached hydrogens (tertiary/aromatic N) is 2. The largest absolute Gasteiger partial charge is 0.447 e. The van der Waals surface area contributed by atoms with Crippen LogP contribution in [0.4, 0.5) is 16.2 Å². The zero-order valence-corrected chi connectivity index (χ0v) is 10.2. The Hall–Kier alpha value is -2.11. The lowest BCUT2D eigenvalue weighted by Crippen LogP contribution is -2.37. The smallest absolute Gasteiger partial charge is 0.414 e. The maximum absolute atomic E-state index is 11.7. The van der Waals surface area contributed by atoms with Gasteiger partial charge in [0, 0.05) is 17.8 Å². The summed E-state index contributed by atoms with van der Waals surface area (Å²) in [6.07, 6.45) is -0.400. The molecule has 0 N–H and O–H groups in total. The van der Waals surface area contributed by atoms with Gasteiger partial charge in [-0.05, 0) is 18.1 Å². The van der Waals surface area contributed by atoms with E-state index >= 15 is 0 Å². The monoisotopic (exact) mass is 250 g/mol. The predicted molar refractivity (Wildman–Crippen MR) is 65.5 cm³/mol. The molecule has 1 aromatic carbocycles. The maximum Gasteiger partial charge on any atom is 0.414 e. The highest BCUT2D eigenvalue weighted by atomic mass is 16.6. The molecule has 0 radical (unpaired) electrons. The van der Waals surface area contributed by atoms with Crippen molar-refractivity contribution >= 4 is 17.5 Å². The van der Waals surface area contributed by atoms with E-state index in [9.17, 15) is 14.9 Å². The van der Waals surface area contributed by atoms with E-state index in [1.54, 1.807) is 17.0 Å². The van der Waals surface area contributed by atoms with Crippen LogP contribution < -0.4 is 4.90 Å². The van der Waals surface area contributed by atoms with Crippen LogP contribution in [-0.2, 0) is 4.74 Å². The summed E-state index contributed by atoms with van der Waals surface area (Å²) in [6.45, 7) is 4.36. The fourth-order valence-corrected chi connectivity index (χ4v) is 1.96. The minimum absolute atomic E-state index is 0.00686. The Labute approximate surface area is 104 Å². The Balaban J connectivity index is 2.29. The second kappa shape index (κ2) is 4.64. The Morgan fingerprint density at radius 2 is 2.00 bits per heavy atom. The van der Waals surface area contributed by atoms with Gasteiger partial charge in [0.15, 0.2) is 0 Å². The van der Waals surface area contributed by atoms with Crippen molar-refractivity contribution in [2.45, 2.75) is 19.9 Å². The molecule has 1 fully saturated rings. The second-order valence-corrected chi connectivity index (χ2v) is 4.53. The third kappa shape index (κ3) is 2.13. The Kier molecular flexibility index (Phi) is 3.18. The van der Waals surface area contributed by atoms with Crippen molar-refractivity contribution in [3.63, 3.8) is 0 Å². The number of nitro benzene ring substituents is 1. The first-order valence-corrected chi connectivity index (χ1v) is 5.71. The molecule has 1 aliphatic heterocycles. The summed E-state index contributed by atoms with van der Waals surface area (Å²) >= 11 is 0. The Morgan fingerprint density at radius 3 is 2.50 bits per heavy atom.